The normalized spacial score (nSPS) is 10.9. The standard InChI is InChI=1S/C26H25.C22H25.C2H6Si.2ClH.Zr/c1-16-6-17(2)9-21(8-16)22-14-24-12-20(5)13-25(24)26(15-22)23-10-18(3)7-19(4)11-23;1-15(2)18-13-17-7-6-8-20(21(17)14-18)16-9-11-19(12-10-16)22(3,4)5;1-3-2;;;/h6-15H,1-5H3;6-15H,1-5H3;1-2H3;2*1H;/q2*-1;;;;+2/p-2. The van der Waals surface area contributed by atoms with E-state index in [4.69, 9.17) is 0 Å². The van der Waals surface area contributed by atoms with E-state index < -0.39 is 0 Å². The summed E-state index contributed by atoms with van der Waals surface area (Å²) >= 11 is 1.74. The molecule has 7 aromatic carbocycles. The molecular weight excluding hydrogens is 791 g/mol. The molecule has 0 heterocycles. The van der Waals surface area contributed by atoms with Crippen LogP contribution < -0.4 is 24.8 Å². The minimum absolute atomic E-state index is 0. The van der Waals surface area contributed by atoms with Crippen molar-refractivity contribution in [3.05, 3.63) is 154 Å². The molecule has 54 heavy (non-hydrogen) atoms. The molecule has 0 aliphatic rings. The van der Waals surface area contributed by atoms with Crippen LogP contribution in [0.3, 0.4) is 0 Å². The van der Waals surface area contributed by atoms with Gasteiger partial charge in [0, 0.05) is 0 Å². The van der Waals surface area contributed by atoms with Gasteiger partial charge < -0.3 is 24.8 Å². The Morgan fingerprint density at radius 2 is 1.04 bits per heavy atom. The molecule has 0 unspecified atom stereocenters. The Hall–Kier alpha value is -3.00. The predicted molar refractivity (Wildman–Crippen MR) is 229 cm³/mol. The maximum atomic E-state index is 2.37. The molecule has 0 fully saturated rings. The van der Waals surface area contributed by atoms with Crippen molar-refractivity contribution in [1.82, 2.24) is 0 Å². The number of halogens is 2. The minimum Gasteiger partial charge on any atom is -1.00 e. The maximum absolute atomic E-state index is 2.37. The summed E-state index contributed by atoms with van der Waals surface area (Å²) in [6, 6.07) is 43.3. The molecule has 0 radical (unpaired) electrons. The van der Waals surface area contributed by atoms with Crippen LogP contribution in [0, 0.1) is 34.6 Å². The fourth-order valence-electron chi connectivity index (χ4n) is 7.14. The molecule has 0 atom stereocenters. The number of rotatable bonds is 4. The zero-order valence-electron chi connectivity index (χ0n) is 34.3. The van der Waals surface area contributed by atoms with Crippen LogP contribution >= 0.6 is 0 Å². The van der Waals surface area contributed by atoms with Gasteiger partial charge in [0.2, 0.25) is 0 Å². The van der Waals surface area contributed by atoms with Crippen molar-refractivity contribution < 1.29 is 48.1 Å². The predicted octanol–water partition coefficient (Wildman–Crippen LogP) is 8.87. The van der Waals surface area contributed by atoms with Crippen LogP contribution in [0.4, 0.5) is 0 Å². The van der Waals surface area contributed by atoms with Gasteiger partial charge in [0.25, 0.3) is 0 Å². The average Bonchev–Trinajstić information content (AvgIpc) is 3.66. The van der Waals surface area contributed by atoms with E-state index in [0.29, 0.717) is 5.92 Å². The fourth-order valence-corrected chi connectivity index (χ4v) is 7.14. The summed E-state index contributed by atoms with van der Waals surface area (Å²) in [5, 5.41) is 5.39. The molecule has 0 aromatic heterocycles. The molecule has 0 saturated carbocycles. The van der Waals surface area contributed by atoms with E-state index in [1.54, 1.807) is 23.3 Å². The summed E-state index contributed by atoms with van der Waals surface area (Å²) in [7, 11) is 0. The second-order valence-electron chi connectivity index (χ2n) is 16.4. The smallest absolute Gasteiger partial charge is 0.0271 e. The largest absolute Gasteiger partial charge is 1.00 e. The average molecular weight is 847 g/mol. The Morgan fingerprint density at radius 3 is 1.56 bits per heavy atom. The van der Waals surface area contributed by atoms with E-state index in [1.807, 2.05) is 0 Å². The molecule has 7 aromatic rings. The third-order valence-electron chi connectivity index (χ3n) is 9.56. The number of hydrogen-bond donors (Lipinski definition) is 0. The first-order valence-corrected chi connectivity index (χ1v) is 24.9. The zero-order chi connectivity index (χ0) is 37.9. The van der Waals surface area contributed by atoms with Crippen LogP contribution in [0.25, 0.3) is 54.9 Å². The molecule has 0 nitrogen and oxygen atoms in total. The Balaban J connectivity index is 0.000000258. The molecule has 0 N–H and O–H groups in total. The first-order chi connectivity index (χ1) is 24.5. The summed E-state index contributed by atoms with van der Waals surface area (Å²) in [5.41, 5.74) is 17.7. The summed E-state index contributed by atoms with van der Waals surface area (Å²) in [6.07, 6.45) is 0. The van der Waals surface area contributed by atoms with E-state index in [2.05, 4.69) is 198 Å². The molecule has 280 valence electrons. The SMILES string of the molecule is CC(C)c1cc2c(-c3ccc(C(C)(C)C)cc3)cccc2[cH-]1.C[Si](C)=[Zr+2].Cc1cc(C)cc(-c2cc(-c3cc(C)cc(C)c3)c3cc(C)[cH-]c3c2)c1.[Cl-].[Cl-]. The second kappa shape index (κ2) is 19.2. The van der Waals surface area contributed by atoms with Crippen molar-refractivity contribution in [3.8, 4) is 33.4 Å². The molecule has 4 heteroatoms. The number of fused-ring (bicyclic) bond motifs is 2. The second-order valence-corrected chi connectivity index (χ2v) is 25.8. The Morgan fingerprint density at radius 1 is 0.537 bits per heavy atom. The molecular formula is C50H56Cl2SiZr-2. The van der Waals surface area contributed by atoms with Crippen molar-refractivity contribution >= 4 is 27.0 Å². The molecule has 0 amide bonds. The quantitative estimate of drug-likeness (QED) is 0.123. The van der Waals surface area contributed by atoms with Crippen LogP contribution in [0.1, 0.15) is 79.5 Å². The Kier molecular flexibility index (Phi) is 16.2. The fraction of sp³-hybridized carbons (Fsp3) is 0.280. The van der Waals surface area contributed by atoms with Gasteiger partial charge in [-0.05, 0) is 61.3 Å². The summed E-state index contributed by atoms with van der Waals surface area (Å²) in [6.45, 7) is 26.8. The first kappa shape index (κ1) is 45.4. The van der Waals surface area contributed by atoms with E-state index in [-0.39, 0.29) is 35.7 Å². The molecule has 0 spiro atoms. The number of aryl methyl sites for hydroxylation is 5. The number of hydrogen-bond acceptors (Lipinski definition) is 0. The van der Waals surface area contributed by atoms with Crippen molar-refractivity contribution in [2.75, 3.05) is 0 Å². The van der Waals surface area contributed by atoms with Crippen LogP contribution in [0.2, 0.25) is 13.1 Å². The van der Waals surface area contributed by atoms with Gasteiger partial charge in [0.15, 0.2) is 0 Å². The van der Waals surface area contributed by atoms with E-state index in [1.165, 1.54) is 93.9 Å². The monoisotopic (exact) mass is 844 g/mol. The number of benzene rings is 5. The molecule has 7 rings (SSSR count). The van der Waals surface area contributed by atoms with E-state index in [9.17, 15) is 0 Å². The van der Waals surface area contributed by atoms with Crippen molar-refractivity contribution in [2.45, 2.75) is 93.7 Å². The summed E-state index contributed by atoms with van der Waals surface area (Å²) in [5.74, 6) is 0.573. The Labute approximate surface area is 353 Å². The third kappa shape index (κ3) is 11.5. The minimum atomic E-state index is 0. The Bertz CT molecular complexity index is 2300. The topological polar surface area (TPSA) is 0 Å². The van der Waals surface area contributed by atoms with Crippen LogP contribution in [-0.4, -0.2) is 5.43 Å². The van der Waals surface area contributed by atoms with Gasteiger partial charge in [-0.1, -0.05) is 153 Å². The van der Waals surface area contributed by atoms with E-state index in [0.717, 1.165) is 0 Å². The van der Waals surface area contributed by atoms with Gasteiger partial charge in [0.1, 0.15) is 0 Å². The van der Waals surface area contributed by atoms with E-state index >= 15 is 0 Å². The van der Waals surface area contributed by atoms with Crippen molar-refractivity contribution in [3.63, 3.8) is 0 Å². The third-order valence-corrected chi connectivity index (χ3v) is 9.56. The summed E-state index contributed by atoms with van der Waals surface area (Å²) in [4.78, 5) is 0. The van der Waals surface area contributed by atoms with Gasteiger partial charge in [-0.25, -0.2) is 0 Å². The zero-order valence-corrected chi connectivity index (χ0v) is 39.3. The van der Waals surface area contributed by atoms with Crippen LogP contribution in [-0.2, 0) is 28.8 Å². The first-order valence-electron chi connectivity index (χ1n) is 18.7. The maximum Gasteiger partial charge on any atom is -0.0271 e. The van der Waals surface area contributed by atoms with Crippen molar-refractivity contribution in [1.29, 1.82) is 0 Å². The van der Waals surface area contributed by atoms with Crippen LogP contribution in [0.15, 0.2) is 115 Å². The summed E-state index contributed by atoms with van der Waals surface area (Å²) < 4.78 is 0. The molecule has 0 aliphatic heterocycles. The van der Waals surface area contributed by atoms with Crippen LogP contribution in [0.5, 0.6) is 0 Å². The molecule has 0 bridgehead atoms. The molecule has 0 aliphatic carbocycles. The van der Waals surface area contributed by atoms with Gasteiger partial charge in [-0.2, -0.15) is 12.1 Å². The van der Waals surface area contributed by atoms with Gasteiger partial charge in [-0.15, -0.1) is 63.0 Å². The molecule has 0 saturated heterocycles. The van der Waals surface area contributed by atoms with Gasteiger partial charge in [-0.3, -0.25) is 0 Å². The van der Waals surface area contributed by atoms with Gasteiger partial charge in [0.05, 0.1) is 0 Å². The van der Waals surface area contributed by atoms with Gasteiger partial charge >= 0.3 is 41.9 Å². The van der Waals surface area contributed by atoms with Crippen molar-refractivity contribution in [2.24, 2.45) is 0 Å².